The lowest BCUT2D eigenvalue weighted by atomic mass is 9.87. The van der Waals surface area contributed by atoms with Crippen LogP contribution in [0.3, 0.4) is 0 Å². The first-order chi connectivity index (χ1) is 14.3. The molecule has 0 aliphatic carbocycles. The third-order valence-corrected chi connectivity index (χ3v) is 4.97. The Balaban J connectivity index is 2.26. The van der Waals surface area contributed by atoms with Crippen LogP contribution in [0.2, 0.25) is 0 Å². The Morgan fingerprint density at radius 3 is 2.40 bits per heavy atom. The van der Waals surface area contributed by atoms with E-state index in [9.17, 15) is 9.59 Å². The highest BCUT2D eigenvalue weighted by Gasteiger charge is 2.29. The van der Waals surface area contributed by atoms with Crippen molar-refractivity contribution in [2.75, 3.05) is 33.2 Å². The van der Waals surface area contributed by atoms with Gasteiger partial charge in [-0.3, -0.25) is 4.79 Å². The molecule has 0 atom stereocenters. The van der Waals surface area contributed by atoms with Crippen molar-refractivity contribution in [3.05, 3.63) is 24.3 Å². The topological polar surface area (TPSA) is 83.1 Å². The summed E-state index contributed by atoms with van der Waals surface area (Å²) in [6.45, 7) is 5.20. The second-order valence-corrected chi connectivity index (χ2v) is 7.66. The SMILES string of the molecule is CCCCC(C)(C)C(=O)OCC(=O)Oc1c(OC)c(OC)cc2ccc(NC)cc12. The number of fused-ring (bicyclic) bond motifs is 1. The maximum atomic E-state index is 12.5. The van der Waals surface area contributed by atoms with Gasteiger partial charge in [-0.05, 0) is 43.9 Å². The Morgan fingerprint density at radius 1 is 1.07 bits per heavy atom. The first kappa shape index (κ1) is 23.3. The molecule has 2 aromatic rings. The van der Waals surface area contributed by atoms with Crippen LogP contribution in [-0.2, 0) is 14.3 Å². The highest BCUT2D eigenvalue weighted by Crippen LogP contribution is 2.44. The van der Waals surface area contributed by atoms with E-state index in [4.69, 9.17) is 18.9 Å². The average Bonchev–Trinajstić information content (AvgIpc) is 2.75. The molecule has 0 unspecified atom stereocenters. The number of hydrogen-bond acceptors (Lipinski definition) is 7. The smallest absolute Gasteiger partial charge is 0.349 e. The lowest BCUT2D eigenvalue weighted by Crippen LogP contribution is -2.29. The third-order valence-electron chi connectivity index (χ3n) is 4.97. The Bertz CT molecular complexity index is 906. The summed E-state index contributed by atoms with van der Waals surface area (Å²) in [5.41, 5.74) is 0.189. The molecule has 7 nitrogen and oxygen atoms in total. The molecule has 0 saturated heterocycles. The number of carbonyl (C=O) groups is 2. The molecule has 0 aliphatic heterocycles. The fourth-order valence-electron chi connectivity index (χ4n) is 3.11. The fraction of sp³-hybridized carbons (Fsp3) is 0.478. The van der Waals surface area contributed by atoms with Crippen molar-refractivity contribution in [3.8, 4) is 17.2 Å². The van der Waals surface area contributed by atoms with Crippen molar-refractivity contribution in [1.82, 2.24) is 0 Å². The van der Waals surface area contributed by atoms with Crippen molar-refractivity contribution < 1.29 is 28.5 Å². The highest BCUT2D eigenvalue weighted by atomic mass is 16.6. The summed E-state index contributed by atoms with van der Waals surface area (Å²) in [5.74, 6) is -0.177. The molecule has 7 heteroatoms. The van der Waals surface area contributed by atoms with Gasteiger partial charge in [-0.2, -0.15) is 0 Å². The van der Waals surface area contributed by atoms with Gasteiger partial charge in [0.25, 0.3) is 0 Å². The number of hydrogen-bond donors (Lipinski definition) is 1. The Labute approximate surface area is 177 Å². The van der Waals surface area contributed by atoms with Crippen molar-refractivity contribution >= 4 is 28.4 Å². The lowest BCUT2D eigenvalue weighted by molar-refractivity contribution is -0.161. The molecule has 0 amide bonds. The molecule has 2 aromatic carbocycles. The predicted molar refractivity (Wildman–Crippen MR) is 116 cm³/mol. The monoisotopic (exact) mass is 417 g/mol. The first-order valence-electron chi connectivity index (χ1n) is 10.0. The van der Waals surface area contributed by atoms with Crippen LogP contribution in [0, 0.1) is 5.41 Å². The van der Waals surface area contributed by atoms with Gasteiger partial charge in [-0.15, -0.1) is 0 Å². The summed E-state index contributed by atoms with van der Waals surface area (Å²) in [5, 5.41) is 4.54. The number of methoxy groups -OCH3 is 2. The van der Waals surface area contributed by atoms with Crippen LogP contribution < -0.4 is 19.5 Å². The highest BCUT2D eigenvalue weighted by molar-refractivity contribution is 5.97. The van der Waals surface area contributed by atoms with E-state index in [-0.39, 0.29) is 5.75 Å². The molecule has 0 saturated carbocycles. The predicted octanol–water partition coefficient (Wildman–Crippen LogP) is 4.56. The molecule has 0 bridgehead atoms. The summed E-state index contributed by atoms with van der Waals surface area (Å²) in [7, 11) is 4.78. The maximum absolute atomic E-state index is 12.5. The Hall–Kier alpha value is -2.96. The largest absolute Gasteiger partial charge is 0.493 e. The summed E-state index contributed by atoms with van der Waals surface area (Å²) in [4.78, 5) is 24.9. The minimum atomic E-state index is -0.697. The van der Waals surface area contributed by atoms with Gasteiger partial charge in [0.05, 0.1) is 19.6 Å². The zero-order valence-corrected chi connectivity index (χ0v) is 18.6. The first-order valence-corrected chi connectivity index (χ1v) is 10.0. The standard InChI is InChI=1S/C23H31NO6/c1-7-8-11-23(2,3)22(26)29-14-19(25)30-20-17-13-16(24-4)10-9-15(17)12-18(27-5)21(20)28-6/h9-10,12-13,24H,7-8,11,14H2,1-6H3. The van der Waals surface area contributed by atoms with Gasteiger partial charge in [0.1, 0.15) is 0 Å². The Kier molecular flexibility index (Phi) is 7.92. The average molecular weight is 418 g/mol. The molecule has 0 radical (unpaired) electrons. The van der Waals surface area contributed by atoms with E-state index in [0.717, 1.165) is 23.9 Å². The third kappa shape index (κ3) is 5.34. The van der Waals surface area contributed by atoms with Crippen LogP contribution >= 0.6 is 0 Å². The molecule has 1 N–H and O–H groups in total. The van der Waals surface area contributed by atoms with Crippen LogP contribution in [0.1, 0.15) is 40.0 Å². The summed E-state index contributed by atoms with van der Waals surface area (Å²) in [6, 6.07) is 7.44. The number of ether oxygens (including phenoxy) is 4. The summed E-state index contributed by atoms with van der Waals surface area (Å²) in [6.07, 6.45) is 2.59. The van der Waals surface area contributed by atoms with Gasteiger partial charge in [0.15, 0.2) is 18.1 Å². The van der Waals surface area contributed by atoms with Crippen molar-refractivity contribution in [2.45, 2.75) is 40.0 Å². The molecule has 164 valence electrons. The summed E-state index contributed by atoms with van der Waals surface area (Å²) < 4.78 is 21.6. The van der Waals surface area contributed by atoms with Gasteiger partial charge < -0.3 is 24.3 Å². The molecule has 30 heavy (non-hydrogen) atoms. The molecule has 0 aliphatic rings. The van der Waals surface area contributed by atoms with Crippen molar-refractivity contribution in [2.24, 2.45) is 5.41 Å². The van der Waals surface area contributed by atoms with E-state index >= 15 is 0 Å². The van der Waals surface area contributed by atoms with Gasteiger partial charge in [-0.25, -0.2) is 4.79 Å². The van der Waals surface area contributed by atoms with E-state index < -0.39 is 24.0 Å². The number of anilines is 1. The van der Waals surface area contributed by atoms with Crippen LogP contribution in [0.5, 0.6) is 17.2 Å². The molecular weight excluding hydrogens is 386 g/mol. The molecule has 0 heterocycles. The van der Waals surface area contributed by atoms with Crippen molar-refractivity contribution in [1.29, 1.82) is 0 Å². The normalized spacial score (nSPS) is 11.1. The number of rotatable bonds is 10. The maximum Gasteiger partial charge on any atom is 0.349 e. The number of benzene rings is 2. The zero-order chi connectivity index (χ0) is 22.3. The number of nitrogens with one attached hydrogen (secondary N) is 1. The van der Waals surface area contributed by atoms with E-state index in [1.807, 2.05) is 32.0 Å². The molecule has 0 aromatic heterocycles. The van der Waals surface area contributed by atoms with E-state index in [1.165, 1.54) is 14.2 Å². The van der Waals surface area contributed by atoms with E-state index in [0.29, 0.717) is 23.3 Å². The zero-order valence-electron chi connectivity index (χ0n) is 18.6. The van der Waals surface area contributed by atoms with Crippen LogP contribution in [0.15, 0.2) is 24.3 Å². The van der Waals surface area contributed by atoms with E-state index in [1.54, 1.807) is 13.1 Å². The number of unbranched alkanes of at least 4 members (excludes halogenated alkanes) is 1. The number of carbonyl (C=O) groups excluding carboxylic acids is 2. The van der Waals surface area contributed by atoms with Gasteiger partial charge in [-0.1, -0.05) is 25.8 Å². The van der Waals surface area contributed by atoms with Crippen molar-refractivity contribution in [3.63, 3.8) is 0 Å². The van der Waals surface area contributed by atoms with E-state index in [2.05, 4.69) is 12.2 Å². The Morgan fingerprint density at radius 2 is 1.80 bits per heavy atom. The quantitative estimate of drug-likeness (QED) is 0.448. The molecule has 0 fully saturated rings. The second-order valence-electron chi connectivity index (χ2n) is 7.66. The van der Waals surface area contributed by atoms with Gasteiger partial charge in [0.2, 0.25) is 5.75 Å². The number of esters is 2. The lowest BCUT2D eigenvalue weighted by Gasteiger charge is -2.22. The van der Waals surface area contributed by atoms with Crippen LogP contribution in [0.4, 0.5) is 5.69 Å². The fourth-order valence-corrected chi connectivity index (χ4v) is 3.11. The minimum absolute atomic E-state index is 0.218. The van der Waals surface area contributed by atoms with Crippen LogP contribution in [-0.4, -0.2) is 39.8 Å². The minimum Gasteiger partial charge on any atom is -0.493 e. The summed E-state index contributed by atoms with van der Waals surface area (Å²) >= 11 is 0. The molecule has 0 spiro atoms. The van der Waals surface area contributed by atoms with Gasteiger partial charge in [0, 0.05) is 18.1 Å². The molecular formula is C23H31NO6. The second kappa shape index (κ2) is 10.2. The van der Waals surface area contributed by atoms with Gasteiger partial charge >= 0.3 is 11.9 Å². The molecule has 2 rings (SSSR count). The van der Waals surface area contributed by atoms with Crippen LogP contribution in [0.25, 0.3) is 10.8 Å².